The highest BCUT2D eigenvalue weighted by Gasteiger charge is 2.07. The zero-order chi connectivity index (χ0) is 15.1. The molecule has 0 aliphatic rings. The molecule has 4 N–H and O–H groups in total. The molecule has 0 aliphatic carbocycles. The summed E-state index contributed by atoms with van der Waals surface area (Å²) in [5.74, 6) is -0.580. The first-order valence-corrected chi connectivity index (χ1v) is 7.36. The number of rotatable bonds is 7. The van der Waals surface area contributed by atoms with Gasteiger partial charge in [0, 0.05) is 25.5 Å². The Balaban J connectivity index is 1.73. The SMILES string of the molecule is NC(=O)c1cnccc1NCCCNC(=O)c1cccs1. The van der Waals surface area contributed by atoms with Crippen LogP contribution in [0.3, 0.4) is 0 Å². The van der Waals surface area contributed by atoms with Crippen molar-refractivity contribution in [1.29, 1.82) is 0 Å². The highest BCUT2D eigenvalue weighted by atomic mass is 32.1. The van der Waals surface area contributed by atoms with E-state index < -0.39 is 5.91 Å². The van der Waals surface area contributed by atoms with E-state index >= 15 is 0 Å². The molecule has 21 heavy (non-hydrogen) atoms. The number of hydrogen-bond acceptors (Lipinski definition) is 5. The van der Waals surface area contributed by atoms with Crippen LogP contribution in [-0.2, 0) is 0 Å². The molecule has 110 valence electrons. The van der Waals surface area contributed by atoms with E-state index in [-0.39, 0.29) is 5.91 Å². The van der Waals surface area contributed by atoms with Crippen molar-refractivity contribution in [2.24, 2.45) is 5.73 Å². The van der Waals surface area contributed by atoms with E-state index in [0.29, 0.717) is 29.2 Å². The smallest absolute Gasteiger partial charge is 0.261 e. The number of primary amides is 1. The van der Waals surface area contributed by atoms with Crippen molar-refractivity contribution in [2.75, 3.05) is 18.4 Å². The monoisotopic (exact) mass is 304 g/mol. The molecule has 2 aromatic heterocycles. The molecule has 2 amide bonds. The van der Waals surface area contributed by atoms with Gasteiger partial charge in [-0.2, -0.15) is 0 Å². The summed E-state index contributed by atoms with van der Waals surface area (Å²) >= 11 is 1.41. The number of amides is 2. The van der Waals surface area contributed by atoms with Gasteiger partial charge in [0.15, 0.2) is 0 Å². The quantitative estimate of drug-likeness (QED) is 0.675. The molecule has 0 radical (unpaired) electrons. The summed E-state index contributed by atoms with van der Waals surface area (Å²) in [6.45, 7) is 1.18. The Labute approximate surface area is 126 Å². The van der Waals surface area contributed by atoms with Crippen LogP contribution in [0.25, 0.3) is 0 Å². The van der Waals surface area contributed by atoms with Gasteiger partial charge in [-0.05, 0) is 23.9 Å². The Kier molecular flexibility index (Phi) is 5.28. The third-order valence-corrected chi connectivity index (χ3v) is 3.65. The van der Waals surface area contributed by atoms with Crippen molar-refractivity contribution in [1.82, 2.24) is 10.3 Å². The maximum atomic E-state index is 11.7. The van der Waals surface area contributed by atoms with E-state index in [1.807, 2.05) is 11.4 Å². The van der Waals surface area contributed by atoms with Crippen molar-refractivity contribution < 1.29 is 9.59 Å². The summed E-state index contributed by atoms with van der Waals surface area (Å²) in [5.41, 5.74) is 6.28. The highest BCUT2D eigenvalue weighted by Crippen LogP contribution is 2.12. The molecule has 0 aromatic carbocycles. The summed E-state index contributed by atoms with van der Waals surface area (Å²) in [6, 6.07) is 5.33. The molecule has 0 atom stereocenters. The molecule has 2 aromatic rings. The Morgan fingerprint density at radius 1 is 1.29 bits per heavy atom. The van der Waals surface area contributed by atoms with Gasteiger partial charge in [-0.3, -0.25) is 14.6 Å². The van der Waals surface area contributed by atoms with Crippen LogP contribution in [-0.4, -0.2) is 29.9 Å². The van der Waals surface area contributed by atoms with E-state index in [4.69, 9.17) is 5.73 Å². The second-order valence-electron chi connectivity index (χ2n) is 4.30. The van der Waals surface area contributed by atoms with Crippen LogP contribution in [0.2, 0.25) is 0 Å². The van der Waals surface area contributed by atoms with Gasteiger partial charge in [-0.15, -0.1) is 11.3 Å². The van der Waals surface area contributed by atoms with Crippen molar-refractivity contribution in [3.05, 3.63) is 46.4 Å². The number of nitrogens with one attached hydrogen (secondary N) is 2. The lowest BCUT2D eigenvalue weighted by atomic mass is 10.2. The number of pyridine rings is 1. The average molecular weight is 304 g/mol. The third-order valence-electron chi connectivity index (χ3n) is 2.79. The number of nitrogens with two attached hydrogens (primary N) is 1. The van der Waals surface area contributed by atoms with E-state index in [9.17, 15) is 9.59 Å². The van der Waals surface area contributed by atoms with E-state index in [0.717, 1.165) is 6.42 Å². The van der Waals surface area contributed by atoms with E-state index in [1.165, 1.54) is 17.5 Å². The van der Waals surface area contributed by atoms with Crippen molar-refractivity contribution in [3.63, 3.8) is 0 Å². The fraction of sp³-hybridized carbons (Fsp3) is 0.214. The second kappa shape index (κ2) is 7.39. The number of nitrogens with zero attached hydrogens (tertiary/aromatic N) is 1. The van der Waals surface area contributed by atoms with Crippen LogP contribution >= 0.6 is 11.3 Å². The number of carbonyl (C=O) groups is 2. The fourth-order valence-electron chi connectivity index (χ4n) is 1.75. The number of hydrogen-bond donors (Lipinski definition) is 3. The molecule has 0 aliphatic heterocycles. The molecular weight excluding hydrogens is 288 g/mol. The lowest BCUT2D eigenvalue weighted by Gasteiger charge is -2.09. The number of aromatic nitrogens is 1. The minimum Gasteiger partial charge on any atom is -0.384 e. The minimum absolute atomic E-state index is 0.0632. The Hall–Kier alpha value is -2.41. The maximum absolute atomic E-state index is 11.7. The van der Waals surface area contributed by atoms with Crippen LogP contribution < -0.4 is 16.4 Å². The van der Waals surface area contributed by atoms with Crippen molar-refractivity contribution in [3.8, 4) is 0 Å². The first-order chi connectivity index (χ1) is 10.2. The Morgan fingerprint density at radius 3 is 2.86 bits per heavy atom. The largest absolute Gasteiger partial charge is 0.384 e. The molecule has 7 heteroatoms. The second-order valence-corrected chi connectivity index (χ2v) is 5.25. The topological polar surface area (TPSA) is 97.1 Å². The van der Waals surface area contributed by atoms with Crippen LogP contribution in [0.15, 0.2) is 36.0 Å². The van der Waals surface area contributed by atoms with Gasteiger partial charge >= 0.3 is 0 Å². The molecule has 0 saturated carbocycles. The van der Waals surface area contributed by atoms with Crippen molar-refractivity contribution in [2.45, 2.75) is 6.42 Å². The summed E-state index contributed by atoms with van der Waals surface area (Å²) in [5, 5.41) is 7.82. The standard InChI is InChI=1S/C14H16N4O2S/c15-13(19)10-9-16-7-4-11(10)17-5-2-6-18-14(20)12-3-1-8-21-12/h1,3-4,7-9H,2,5-6H2,(H2,15,19)(H,16,17)(H,18,20). The van der Waals surface area contributed by atoms with Gasteiger partial charge < -0.3 is 16.4 Å². The van der Waals surface area contributed by atoms with Gasteiger partial charge in [-0.25, -0.2) is 0 Å². The lowest BCUT2D eigenvalue weighted by molar-refractivity contribution is 0.0956. The lowest BCUT2D eigenvalue weighted by Crippen LogP contribution is -2.25. The summed E-state index contributed by atoms with van der Waals surface area (Å²) in [7, 11) is 0. The van der Waals surface area contributed by atoms with Crippen LogP contribution in [0.4, 0.5) is 5.69 Å². The molecule has 0 spiro atoms. The molecule has 2 heterocycles. The molecule has 2 rings (SSSR count). The van der Waals surface area contributed by atoms with Gasteiger partial charge in [0.2, 0.25) is 0 Å². The summed E-state index contributed by atoms with van der Waals surface area (Å²) in [4.78, 5) is 27.5. The first-order valence-electron chi connectivity index (χ1n) is 6.48. The van der Waals surface area contributed by atoms with Crippen LogP contribution in [0, 0.1) is 0 Å². The molecule has 0 unspecified atom stereocenters. The van der Waals surface area contributed by atoms with Crippen LogP contribution in [0.5, 0.6) is 0 Å². The number of anilines is 1. The first kappa shape index (κ1) is 15.0. The molecule has 0 saturated heterocycles. The highest BCUT2D eigenvalue weighted by molar-refractivity contribution is 7.12. The molecule has 6 nitrogen and oxygen atoms in total. The van der Waals surface area contributed by atoms with E-state index in [1.54, 1.807) is 18.3 Å². The van der Waals surface area contributed by atoms with Gasteiger partial charge in [0.05, 0.1) is 16.1 Å². The normalized spacial score (nSPS) is 10.1. The zero-order valence-corrected chi connectivity index (χ0v) is 12.2. The van der Waals surface area contributed by atoms with Crippen molar-refractivity contribution >= 4 is 28.8 Å². The Morgan fingerprint density at radius 2 is 2.14 bits per heavy atom. The number of thiophene rings is 1. The van der Waals surface area contributed by atoms with Gasteiger partial charge in [0.1, 0.15) is 0 Å². The predicted octanol–water partition coefficient (Wildman–Crippen LogP) is 1.47. The minimum atomic E-state index is -0.517. The van der Waals surface area contributed by atoms with Gasteiger partial charge in [0.25, 0.3) is 11.8 Å². The summed E-state index contributed by atoms with van der Waals surface area (Å²) in [6.07, 6.45) is 3.76. The van der Waals surface area contributed by atoms with Gasteiger partial charge in [-0.1, -0.05) is 6.07 Å². The molecule has 0 fully saturated rings. The molecule has 0 bridgehead atoms. The third kappa shape index (κ3) is 4.28. The Bertz CT molecular complexity index is 613. The average Bonchev–Trinajstić information content (AvgIpc) is 3.01. The predicted molar refractivity (Wildman–Crippen MR) is 82.5 cm³/mol. The molecular formula is C14H16N4O2S. The van der Waals surface area contributed by atoms with E-state index in [2.05, 4.69) is 15.6 Å². The number of carbonyl (C=O) groups excluding carboxylic acids is 2. The fourth-order valence-corrected chi connectivity index (χ4v) is 2.39. The van der Waals surface area contributed by atoms with Crippen LogP contribution in [0.1, 0.15) is 26.5 Å². The maximum Gasteiger partial charge on any atom is 0.261 e. The summed E-state index contributed by atoms with van der Waals surface area (Å²) < 4.78 is 0. The zero-order valence-electron chi connectivity index (χ0n) is 11.3.